The quantitative estimate of drug-likeness (QED) is 0.803. The number of rotatable bonds is 4. The van der Waals surface area contributed by atoms with E-state index in [9.17, 15) is 13.2 Å². The second-order valence-electron chi connectivity index (χ2n) is 3.86. The van der Waals surface area contributed by atoms with Crippen molar-refractivity contribution < 1.29 is 13.2 Å². The smallest absolute Gasteiger partial charge is 0.330 e. The predicted molar refractivity (Wildman–Crippen MR) is 62.7 cm³/mol. The molecule has 0 aliphatic rings. The Morgan fingerprint density at radius 1 is 1.29 bits per heavy atom. The summed E-state index contributed by atoms with van der Waals surface area (Å²) in [5, 5.41) is 0. The molecule has 1 atom stereocenters. The molecule has 0 aliphatic heterocycles. The van der Waals surface area contributed by atoms with Gasteiger partial charge in [0.05, 0.1) is 0 Å². The molecule has 1 nitrogen and oxygen atoms in total. The van der Waals surface area contributed by atoms with E-state index in [-0.39, 0.29) is 18.9 Å². The van der Waals surface area contributed by atoms with E-state index in [1.54, 1.807) is 24.3 Å². The summed E-state index contributed by atoms with van der Waals surface area (Å²) < 4.78 is 37.9. The monoisotopic (exact) mass is 243 g/mol. The molecule has 2 N–H and O–H groups in total. The summed E-state index contributed by atoms with van der Waals surface area (Å²) in [5.41, 5.74) is 5.89. The van der Waals surface area contributed by atoms with Crippen LogP contribution in [0.2, 0.25) is 0 Å². The minimum Gasteiger partial charge on any atom is -0.330 e. The van der Waals surface area contributed by atoms with Crippen LogP contribution in [-0.4, -0.2) is 12.7 Å². The molecule has 0 amide bonds. The van der Waals surface area contributed by atoms with Crippen molar-refractivity contribution >= 4 is 0 Å². The molecule has 0 saturated carbocycles. The Labute approximate surface area is 99.1 Å². The van der Waals surface area contributed by atoms with Gasteiger partial charge in [0.15, 0.2) is 0 Å². The maximum Gasteiger partial charge on any atom is 0.412 e. The van der Waals surface area contributed by atoms with Gasteiger partial charge in [-0.3, -0.25) is 0 Å². The molecule has 0 bridgehead atoms. The number of nitrogens with two attached hydrogens (primary N) is 1. The van der Waals surface area contributed by atoms with Crippen LogP contribution in [0, 0.1) is 0 Å². The standard InChI is InChI=1S/C13H16F3N/c1-2-12(13(14,15)16)8-11(9-17)10-6-4-3-5-7-10/h2-7,11H,8-9,17H2,1H3. The van der Waals surface area contributed by atoms with Gasteiger partial charge in [-0.1, -0.05) is 36.4 Å². The van der Waals surface area contributed by atoms with Gasteiger partial charge in [0, 0.05) is 11.5 Å². The third-order valence-corrected chi connectivity index (χ3v) is 2.73. The lowest BCUT2D eigenvalue weighted by Gasteiger charge is -2.19. The summed E-state index contributed by atoms with van der Waals surface area (Å²) in [6.45, 7) is 1.61. The third-order valence-electron chi connectivity index (χ3n) is 2.73. The Morgan fingerprint density at radius 2 is 1.88 bits per heavy atom. The molecule has 17 heavy (non-hydrogen) atoms. The summed E-state index contributed by atoms with van der Waals surface area (Å²) in [7, 11) is 0. The third kappa shape index (κ3) is 3.89. The van der Waals surface area contributed by atoms with Gasteiger partial charge in [-0.15, -0.1) is 0 Å². The molecule has 1 aromatic rings. The van der Waals surface area contributed by atoms with Gasteiger partial charge in [-0.25, -0.2) is 0 Å². The van der Waals surface area contributed by atoms with Crippen LogP contribution in [-0.2, 0) is 0 Å². The Bertz CT molecular complexity index is 368. The number of alkyl halides is 3. The zero-order valence-corrected chi connectivity index (χ0v) is 9.67. The second kappa shape index (κ2) is 5.87. The van der Waals surface area contributed by atoms with Crippen LogP contribution in [0.3, 0.4) is 0 Å². The summed E-state index contributed by atoms with van der Waals surface area (Å²) in [4.78, 5) is 0. The van der Waals surface area contributed by atoms with E-state index >= 15 is 0 Å². The summed E-state index contributed by atoms with van der Waals surface area (Å²) >= 11 is 0. The SMILES string of the molecule is CC=C(CC(CN)c1ccccc1)C(F)(F)F. The highest BCUT2D eigenvalue weighted by Crippen LogP contribution is 2.33. The van der Waals surface area contributed by atoms with Crippen LogP contribution in [0.5, 0.6) is 0 Å². The predicted octanol–water partition coefficient (Wildman–Crippen LogP) is 3.63. The van der Waals surface area contributed by atoms with Crippen molar-refractivity contribution in [1.82, 2.24) is 0 Å². The minimum absolute atomic E-state index is 0.0689. The fraction of sp³-hybridized carbons (Fsp3) is 0.385. The van der Waals surface area contributed by atoms with E-state index in [2.05, 4.69) is 0 Å². The van der Waals surface area contributed by atoms with Gasteiger partial charge in [0.1, 0.15) is 0 Å². The van der Waals surface area contributed by atoms with Crippen LogP contribution in [0.1, 0.15) is 24.8 Å². The molecule has 0 radical (unpaired) electrons. The molecular formula is C13H16F3N. The fourth-order valence-electron chi connectivity index (χ4n) is 1.73. The van der Waals surface area contributed by atoms with Crippen LogP contribution < -0.4 is 5.73 Å². The highest BCUT2D eigenvalue weighted by atomic mass is 19.4. The summed E-state index contributed by atoms with van der Waals surface area (Å²) in [6, 6.07) is 9.06. The van der Waals surface area contributed by atoms with Crippen molar-refractivity contribution in [3.63, 3.8) is 0 Å². The maximum atomic E-state index is 12.6. The van der Waals surface area contributed by atoms with E-state index in [4.69, 9.17) is 5.73 Å². The van der Waals surface area contributed by atoms with E-state index < -0.39 is 11.7 Å². The van der Waals surface area contributed by atoms with Gasteiger partial charge in [-0.05, 0) is 25.5 Å². The van der Waals surface area contributed by atoms with Crippen molar-refractivity contribution in [2.45, 2.75) is 25.4 Å². The average molecular weight is 243 g/mol. The van der Waals surface area contributed by atoms with Crippen LogP contribution in [0.25, 0.3) is 0 Å². The van der Waals surface area contributed by atoms with Gasteiger partial charge in [-0.2, -0.15) is 13.2 Å². The molecule has 0 spiro atoms. The lowest BCUT2D eigenvalue weighted by atomic mass is 9.91. The van der Waals surface area contributed by atoms with Crippen molar-refractivity contribution in [1.29, 1.82) is 0 Å². The topological polar surface area (TPSA) is 26.0 Å². The normalized spacial score (nSPS) is 14.8. The Balaban J connectivity index is 2.85. The van der Waals surface area contributed by atoms with Crippen molar-refractivity contribution in [3.05, 3.63) is 47.5 Å². The van der Waals surface area contributed by atoms with E-state index in [1.165, 1.54) is 6.92 Å². The highest BCUT2D eigenvalue weighted by molar-refractivity contribution is 5.23. The number of hydrogen-bond acceptors (Lipinski definition) is 1. The fourth-order valence-corrected chi connectivity index (χ4v) is 1.73. The van der Waals surface area contributed by atoms with Gasteiger partial charge in [0.2, 0.25) is 0 Å². The van der Waals surface area contributed by atoms with Gasteiger partial charge in [0.25, 0.3) is 0 Å². The Kier molecular flexibility index (Phi) is 4.75. The zero-order chi connectivity index (χ0) is 12.9. The van der Waals surface area contributed by atoms with Gasteiger partial charge < -0.3 is 5.73 Å². The Morgan fingerprint density at radius 3 is 2.29 bits per heavy atom. The number of benzene rings is 1. The zero-order valence-electron chi connectivity index (χ0n) is 9.67. The lowest BCUT2D eigenvalue weighted by molar-refractivity contribution is -0.0946. The van der Waals surface area contributed by atoms with E-state index in [0.29, 0.717) is 0 Å². The number of hydrogen-bond donors (Lipinski definition) is 1. The largest absolute Gasteiger partial charge is 0.412 e. The molecule has 1 unspecified atom stereocenters. The first kappa shape index (κ1) is 13.8. The van der Waals surface area contributed by atoms with Crippen LogP contribution in [0.4, 0.5) is 13.2 Å². The van der Waals surface area contributed by atoms with Crippen molar-refractivity contribution in [2.75, 3.05) is 6.54 Å². The van der Waals surface area contributed by atoms with E-state index in [1.807, 2.05) is 6.07 Å². The van der Waals surface area contributed by atoms with Crippen molar-refractivity contribution in [2.24, 2.45) is 5.73 Å². The molecule has 0 heterocycles. The molecule has 0 fully saturated rings. The molecule has 0 saturated heterocycles. The van der Waals surface area contributed by atoms with E-state index in [0.717, 1.165) is 11.6 Å². The van der Waals surface area contributed by atoms with Crippen LogP contribution in [0.15, 0.2) is 42.0 Å². The molecular weight excluding hydrogens is 227 g/mol. The molecule has 1 aromatic carbocycles. The average Bonchev–Trinajstić information content (AvgIpc) is 2.30. The second-order valence-corrected chi connectivity index (χ2v) is 3.86. The van der Waals surface area contributed by atoms with Crippen LogP contribution >= 0.6 is 0 Å². The van der Waals surface area contributed by atoms with Gasteiger partial charge >= 0.3 is 6.18 Å². The first-order valence-corrected chi connectivity index (χ1v) is 5.46. The summed E-state index contributed by atoms with van der Waals surface area (Å²) in [5.74, 6) is -0.288. The molecule has 0 aromatic heterocycles. The molecule has 4 heteroatoms. The lowest BCUT2D eigenvalue weighted by Crippen LogP contribution is -2.19. The molecule has 1 rings (SSSR count). The molecule has 0 aliphatic carbocycles. The van der Waals surface area contributed by atoms with Crippen molar-refractivity contribution in [3.8, 4) is 0 Å². The first-order valence-electron chi connectivity index (χ1n) is 5.46. The number of allylic oxidation sites excluding steroid dienone is 2. The Hall–Kier alpha value is -1.29. The maximum absolute atomic E-state index is 12.6. The number of halogens is 3. The minimum atomic E-state index is -4.27. The summed E-state index contributed by atoms with van der Waals surface area (Å²) in [6.07, 6.45) is -3.22. The highest BCUT2D eigenvalue weighted by Gasteiger charge is 2.34. The first-order chi connectivity index (χ1) is 7.99. The molecule has 94 valence electrons.